The summed E-state index contributed by atoms with van der Waals surface area (Å²) in [6, 6.07) is 29.1. The van der Waals surface area contributed by atoms with E-state index in [2.05, 4.69) is 21.2 Å². The van der Waals surface area contributed by atoms with Crippen LogP contribution >= 0.6 is 15.9 Å². The van der Waals surface area contributed by atoms with E-state index in [9.17, 15) is 18.0 Å². The third-order valence-electron chi connectivity index (χ3n) is 7.11. The van der Waals surface area contributed by atoms with Crippen molar-refractivity contribution < 1.29 is 22.7 Å². The Kier molecular flexibility index (Phi) is 11.2. The molecule has 0 aliphatic rings. The molecule has 44 heavy (non-hydrogen) atoms. The second kappa shape index (κ2) is 15.0. The van der Waals surface area contributed by atoms with Crippen molar-refractivity contribution in [3.8, 4) is 5.75 Å². The van der Waals surface area contributed by atoms with Gasteiger partial charge in [0.1, 0.15) is 18.3 Å². The summed E-state index contributed by atoms with van der Waals surface area (Å²) in [6.45, 7) is 3.58. The van der Waals surface area contributed by atoms with Crippen molar-refractivity contribution in [3.05, 3.63) is 124 Å². The zero-order valence-electron chi connectivity index (χ0n) is 24.9. The van der Waals surface area contributed by atoms with Gasteiger partial charge in [-0.2, -0.15) is 0 Å². The van der Waals surface area contributed by atoms with Gasteiger partial charge in [-0.3, -0.25) is 13.9 Å². The number of sulfonamides is 1. The summed E-state index contributed by atoms with van der Waals surface area (Å²) in [5.41, 5.74) is 2.75. The zero-order chi connectivity index (χ0) is 31.7. The normalized spacial score (nSPS) is 11.8. The third-order valence-corrected chi connectivity index (χ3v) is 9.37. The maximum atomic E-state index is 14.5. The fraction of sp³-hybridized carbons (Fsp3) is 0.235. The molecule has 8 nitrogen and oxygen atoms in total. The minimum Gasteiger partial charge on any atom is -0.495 e. The van der Waals surface area contributed by atoms with E-state index in [4.69, 9.17) is 4.74 Å². The number of benzene rings is 4. The number of hydrogen-bond acceptors (Lipinski definition) is 5. The molecule has 10 heteroatoms. The number of amides is 2. The zero-order valence-corrected chi connectivity index (χ0v) is 27.3. The number of likely N-dealkylation sites (N-methyl/N-ethyl adjacent to an activating group) is 1. The Balaban J connectivity index is 1.82. The van der Waals surface area contributed by atoms with E-state index < -0.39 is 28.5 Å². The van der Waals surface area contributed by atoms with E-state index in [0.717, 1.165) is 25.5 Å². The molecule has 1 N–H and O–H groups in total. The van der Waals surface area contributed by atoms with E-state index in [1.807, 2.05) is 68.4 Å². The summed E-state index contributed by atoms with van der Waals surface area (Å²) < 4.78 is 35.8. The van der Waals surface area contributed by atoms with Gasteiger partial charge in [0.05, 0.1) is 17.7 Å². The molecular formula is C34H36BrN3O5S. The van der Waals surface area contributed by atoms with Crippen LogP contribution in [0.4, 0.5) is 5.69 Å². The van der Waals surface area contributed by atoms with Gasteiger partial charge in [0.2, 0.25) is 11.8 Å². The summed E-state index contributed by atoms with van der Waals surface area (Å²) in [7, 11) is -2.78. The Labute approximate surface area is 267 Å². The largest absolute Gasteiger partial charge is 0.495 e. The Bertz CT molecular complexity index is 1680. The van der Waals surface area contributed by atoms with Crippen molar-refractivity contribution in [2.24, 2.45) is 0 Å². The van der Waals surface area contributed by atoms with Gasteiger partial charge in [0, 0.05) is 24.0 Å². The molecule has 0 fully saturated rings. The predicted molar refractivity (Wildman–Crippen MR) is 176 cm³/mol. The molecule has 230 valence electrons. The van der Waals surface area contributed by atoms with Gasteiger partial charge in [-0.25, -0.2) is 8.42 Å². The summed E-state index contributed by atoms with van der Waals surface area (Å²) >= 11 is 3.49. The molecule has 0 saturated carbocycles. The van der Waals surface area contributed by atoms with Crippen LogP contribution in [-0.4, -0.2) is 51.4 Å². The maximum absolute atomic E-state index is 14.5. The molecule has 0 heterocycles. The molecular weight excluding hydrogens is 642 g/mol. The first-order valence-electron chi connectivity index (χ1n) is 14.2. The van der Waals surface area contributed by atoms with Crippen LogP contribution in [0.1, 0.15) is 23.6 Å². The number of ether oxygens (including phenoxy) is 1. The monoisotopic (exact) mass is 677 g/mol. The molecule has 0 spiro atoms. The number of rotatable bonds is 13. The molecule has 0 unspecified atom stereocenters. The van der Waals surface area contributed by atoms with E-state index in [1.54, 1.807) is 36.4 Å². The highest BCUT2D eigenvalue weighted by molar-refractivity contribution is 9.10. The SMILES string of the molecule is CCNC(=O)[C@H](Cc1ccccc1)N(Cc1cccc(Br)c1)C(=O)CN(c1ccccc1OC)S(=O)(=O)c1ccc(C)cc1. The molecule has 0 bridgehead atoms. The first-order valence-corrected chi connectivity index (χ1v) is 16.4. The number of para-hydroxylation sites is 2. The fourth-order valence-electron chi connectivity index (χ4n) is 4.86. The van der Waals surface area contributed by atoms with Crippen molar-refractivity contribution >= 4 is 43.5 Å². The number of aryl methyl sites for hydroxylation is 1. The number of carbonyl (C=O) groups is 2. The van der Waals surface area contributed by atoms with Crippen LogP contribution in [0, 0.1) is 6.92 Å². The van der Waals surface area contributed by atoms with Crippen molar-refractivity contribution in [3.63, 3.8) is 0 Å². The van der Waals surface area contributed by atoms with E-state index >= 15 is 0 Å². The maximum Gasteiger partial charge on any atom is 0.264 e. The van der Waals surface area contributed by atoms with Crippen LogP contribution < -0.4 is 14.4 Å². The minimum absolute atomic E-state index is 0.0323. The Morgan fingerprint density at radius 3 is 2.20 bits per heavy atom. The van der Waals surface area contributed by atoms with Gasteiger partial charge in [-0.05, 0) is 61.4 Å². The molecule has 4 aromatic carbocycles. The fourth-order valence-corrected chi connectivity index (χ4v) is 6.74. The average molecular weight is 679 g/mol. The van der Waals surface area contributed by atoms with Crippen molar-refractivity contribution in [2.45, 2.75) is 37.8 Å². The molecule has 0 saturated heterocycles. The van der Waals surface area contributed by atoms with Gasteiger partial charge in [-0.1, -0.05) is 88.2 Å². The summed E-state index contributed by atoms with van der Waals surface area (Å²) in [4.78, 5) is 29.6. The lowest BCUT2D eigenvalue weighted by Gasteiger charge is -2.34. The van der Waals surface area contributed by atoms with E-state index in [1.165, 1.54) is 24.1 Å². The number of nitrogens with one attached hydrogen (secondary N) is 1. The number of nitrogens with zero attached hydrogens (tertiary/aromatic N) is 2. The molecule has 1 atom stereocenters. The molecule has 4 rings (SSSR count). The average Bonchev–Trinajstić information content (AvgIpc) is 3.02. The van der Waals surface area contributed by atoms with E-state index in [0.29, 0.717) is 12.3 Å². The predicted octanol–water partition coefficient (Wildman–Crippen LogP) is 5.74. The second-order valence-corrected chi connectivity index (χ2v) is 13.0. The number of halogens is 1. The summed E-state index contributed by atoms with van der Waals surface area (Å²) in [5.74, 6) is -0.581. The molecule has 0 aliphatic heterocycles. The molecule has 0 radical (unpaired) electrons. The molecule has 0 aliphatic carbocycles. The lowest BCUT2D eigenvalue weighted by Crippen LogP contribution is -2.53. The quantitative estimate of drug-likeness (QED) is 0.195. The first kappa shape index (κ1) is 32.8. The number of methoxy groups -OCH3 is 1. The van der Waals surface area contributed by atoms with Crippen molar-refractivity contribution in [1.29, 1.82) is 0 Å². The Hall–Kier alpha value is -4.15. The van der Waals surface area contributed by atoms with Crippen molar-refractivity contribution in [2.75, 3.05) is 24.5 Å². The van der Waals surface area contributed by atoms with Gasteiger partial charge in [0.25, 0.3) is 10.0 Å². The third kappa shape index (κ3) is 8.06. The van der Waals surface area contributed by atoms with Crippen LogP contribution in [0.2, 0.25) is 0 Å². The number of carbonyl (C=O) groups excluding carboxylic acids is 2. The topological polar surface area (TPSA) is 96.0 Å². The van der Waals surface area contributed by atoms with Crippen LogP contribution in [0.15, 0.2) is 112 Å². The number of hydrogen-bond donors (Lipinski definition) is 1. The van der Waals surface area contributed by atoms with Gasteiger partial charge in [-0.15, -0.1) is 0 Å². The summed E-state index contributed by atoms with van der Waals surface area (Å²) in [5, 5.41) is 2.87. The van der Waals surface area contributed by atoms with Crippen LogP contribution in [0.3, 0.4) is 0 Å². The lowest BCUT2D eigenvalue weighted by molar-refractivity contribution is -0.140. The molecule has 2 amide bonds. The van der Waals surface area contributed by atoms with Crippen molar-refractivity contribution in [1.82, 2.24) is 10.2 Å². The highest BCUT2D eigenvalue weighted by Gasteiger charge is 2.35. The molecule has 0 aromatic heterocycles. The Morgan fingerprint density at radius 1 is 0.886 bits per heavy atom. The summed E-state index contributed by atoms with van der Waals surface area (Å²) in [6.07, 6.45) is 0.242. The highest BCUT2D eigenvalue weighted by atomic mass is 79.9. The smallest absolute Gasteiger partial charge is 0.264 e. The lowest BCUT2D eigenvalue weighted by atomic mass is 10.0. The number of anilines is 1. The van der Waals surface area contributed by atoms with Gasteiger partial charge < -0.3 is 15.0 Å². The van der Waals surface area contributed by atoms with Gasteiger partial charge >= 0.3 is 0 Å². The highest BCUT2D eigenvalue weighted by Crippen LogP contribution is 2.33. The minimum atomic E-state index is -4.23. The first-order chi connectivity index (χ1) is 21.1. The second-order valence-electron chi connectivity index (χ2n) is 10.2. The van der Waals surface area contributed by atoms with E-state index in [-0.39, 0.29) is 29.5 Å². The standard InChI is InChI=1S/C34H36BrN3O5S/c1-4-36-34(40)31(22-26-11-6-5-7-12-26)37(23-27-13-10-14-28(35)21-27)33(39)24-38(30-15-8-9-16-32(30)43-3)44(41,42)29-19-17-25(2)18-20-29/h5-21,31H,4,22-24H2,1-3H3,(H,36,40)/t31-/m0/s1. The molecule has 4 aromatic rings. The Morgan fingerprint density at radius 2 is 1.55 bits per heavy atom. The van der Waals surface area contributed by atoms with Gasteiger partial charge in [0.15, 0.2) is 0 Å². The van der Waals surface area contributed by atoms with Crippen LogP contribution in [0.5, 0.6) is 5.75 Å². The van der Waals surface area contributed by atoms with Crippen LogP contribution in [0.25, 0.3) is 0 Å². The van der Waals surface area contributed by atoms with Crippen LogP contribution in [-0.2, 0) is 32.6 Å².